The Hall–Kier alpha value is -0.770. The van der Waals surface area contributed by atoms with Crippen molar-refractivity contribution in [3.63, 3.8) is 0 Å². The van der Waals surface area contributed by atoms with Gasteiger partial charge in [0.05, 0.1) is 0 Å². The highest BCUT2D eigenvalue weighted by molar-refractivity contribution is 6.34. The fraction of sp³-hybridized carbons (Fsp3) is 0.462. The highest BCUT2D eigenvalue weighted by atomic mass is 35.5. The van der Waals surface area contributed by atoms with E-state index in [2.05, 4.69) is 10.6 Å². The van der Waals surface area contributed by atoms with Crippen molar-refractivity contribution >= 4 is 29.1 Å². The number of halogens is 2. The summed E-state index contributed by atoms with van der Waals surface area (Å²) in [6.07, 6.45) is 2.14. The predicted molar refractivity (Wildman–Crippen MR) is 76.3 cm³/mol. The fourth-order valence-electron chi connectivity index (χ4n) is 1.62. The van der Waals surface area contributed by atoms with Crippen LogP contribution in [0.25, 0.3) is 0 Å². The Morgan fingerprint density at radius 1 is 1.17 bits per heavy atom. The van der Waals surface area contributed by atoms with Crippen LogP contribution in [-0.4, -0.2) is 26.0 Å². The maximum atomic E-state index is 11.5. The largest absolute Gasteiger partial charge is 0.356 e. The van der Waals surface area contributed by atoms with E-state index in [1.54, 1.807) is 6.07 Å². The van der Waals surface area contributed by atoms with Gasteiger partial charge < -0.3 is 10.6 Å². The molecule has 3 nitrogen and oxygen atoms in total. The van der Waals surface area contributed by atoms with Crippen LogP contribution in [0.2, 0.25) is 10.0 Å². The Labute approximate surface area is 118 Å². The molecule has 1 rings (SSSR count). The molecule has 1 aromatic rings. The molecular weight excluding hydrogens is 271 g/mol. The molecule has 0 saturated heterocycles. The molecule has 0 fully saturated rings. The molecule has 0 bridgehead atoms. The van der Waals surface area contributed by atoms with Gasteiger partial charge in [-0.2, -0.15) is 0 Å². The molecule has 0 atom stereocenters. The van der Waals surface area contributed by atoms with Crippen molar-refractivity contribution in [2.75, 3.05) is 20.1 Å². The second-order valence-corrected chi connectivity index (χ2v) is 4.96. The van der Waals surface area contributed by atoms with E-state index in [0.717, 1.165) is 24.9 Å². The summed E-state index contributed by atoms with van der Waals surface area (Å²) in [7, 11) is 1.88. The number of amides is 1. The standard InChI is InChI=1S/C13H18Cl2N2O/c1-16-5-2-3-13(18)17-6-4-10-7-11(14)9-12(15)8-10/h7-9,16H,2-6H2,1H3,(H,17,18). The zero-order valence-corrected chi connectivity index (χ0v) is 11.9. The van der Waals surface area contributed by atoms with E-state index in [9.17, 15) is 4.79 Å². The molecule has 0 unspecified atom stereocenters. The second-order valence-electron chi connectivity index (χ2n) is 4.08. The number of nitrogens with one attached hydrogen (secondary N) is 2. The first-order valence-electron chi connectivity index (χ1n) is 5.98. The molecule has 0 aromatic heterocycles. The second kappa shape index (κ2) is 8.35. The summed E-state index contributed by atoms with van der Waals surface area (Å²) in [4.78, 5) is 11.5. The summed E-state index contributed by atoms with van der Waals surface area (Å²) in [6, 6.07) is 5.42. The van der Waals surface area contributed by atoms with Crippen LogP contribution in [0, 0.1) is 0 Å². The van der Waals surface area contributed by atoms with E-state index in [4.69, 9.17) is 23.2 Å². The van der Waals surface area contributed by atoms with Crippen LogP contribution >= 0.6 is 23.2 Å². The molecule has 0 radical (unpaired) electrons. The first-order chi connectivity index (χ1) is 8.61. The average Bonchev–Trinajstić information content (AvgIpc) is 2.28. The lowest BCUT2D eigenvalue weighted by Crippen LogP contribution is -2.26. The monoisotopic (exact) mass is 288 g/mol. The van der Waals surface area contributed by atoms with Gasteiger partial charge in [0, 0.05) is 23.0 Å². The number of benzene rings is 1. The molecule has 1 aromatic carbocycles. The zero-order valence-electron chi connectivity index (χ0n) is 10.4. The van der Waals surface area contributed by atoms with Crippen molar-refractivity contribution in [3.05, 3.63) is 33.8 Å². The molecule has 0 aliphatic rings. The lowest BCUT2D eigenvalue weighted by atomic mass is 10.1. The van der Waals surface area contributed by atoms with E-state index in [1.165, 1.54) is 0 Å². The molecule has 100 valence electrons. The van der Waals surface area contributed by atoms with Crippen molar-refractivity contribution in [1.29, 1.82) is 0 Å². The summed E-state index contributed by atoms with van der Waals surface area (Å²) in [5.41, 5.74) is 1.03. The minimum Gasteiger partial charge on any atom is -0.356 e. The molecular formula is C13H18Cl2N2O. The van der Waals surface area contributed by atoms with E-state index >= 15 is 0 Å². The van der Waals surface area contributed by atoms with Crippen LogP contribution in [0.1, 0.15) is 18.4 Å². The van der Waals surface area contributed by atoms with Gasteiger partial charge in [-0.3, -0.25) is 4.79 Å². The number of rotatable bonds is 7. The van der Waals surface area contributed by atoms with Crippen molar-refractivity contribution in [3.8, 4) is 0 Å². The van der Waals surface area contributed by atoms with Gasteiger partial charge in [0.1, 0.15) is 0 Å². The summed E-state index contributed by atoms with van der Waals surface area (Å²) in [5, 5.41) is 7.13. The Kier molecular flexibility index (Phi) is 7.09. The first kappa shape index (κ1) is 15.3. The number of carbonyl (C=O) groups excluding carboxylic acids is 1. The summed E-state index contributed by atoms with van der Waals surface area (Å²) in [5.74, 6) is 0.0818. The molecule has 2 N–H and O–H groups in total. The van der Waals surface area contributed by atoms with Gasteiger partial charge in [-0.1, -0.05) is 23.2 Å². The van der Waals surface area contributed by atoms with Crippen molar-refractivity contribution in [1.82, 2.24) is 10.6 Å². The third-order valence-corrected chi connectivity index (χ3v) is 2.93. The van der Waals surface area contributed by atoms with Crippen molar-refractivity contribution < 1.29 is 4.79 Å². The Bertz CT molecular complexity index is 376. The third kappa shape index (κ3) is 6.24. The van der Waals surface area contributed by atoms with Crippen LogP contribution in [0.4, 0.5) is 0 Å². The molecule has 0 aliphatic carbocycles. The minimum atomic E-state index is 0.0818. The number of hydrogen-bond acceptors (Lipinski definition) is 2. The maximum absolute atomic E-state index is 11.5. The van der Waals surface area contributed by atoms with Crippen molar-refractivity contribution in [2.24, 2.45) is 0 Å². The molecule has 18 heavy (non-hydrogen) atoms. The van der Waals surface area contributed by atoms with E-state index in [-0.39, 0.29) is 5.91 Å². The molecule has 5 heteroatoms. The lowest BCUT2D eigenvalue weighted by molar-refractivity contribution is -0.121. The van der Waals surface area contributed by atoms with E-state index < -0.39 is 0 Å². The zero-order chi connectivity index (χ0) is 13.4. The van der Waals surface area contributed by atoms with Crippen LogP contribution in [0.3, 0.4) is 0 Å². The average molecular weight is 289 g/mol. The van der Waals surface area contributed by atoms with Gasteiger partial charge >= 0.3 is 0 Å². The first-order valence-corrected chi connectivity index (χ1v) is 6.73. The lowest BCUT2D eigenvalue weighted by Gasteiger charge is -2.06. The Morgan fingerprint density at radius 3 is 2.44 bits per heavy atom. The van der Waals surface area contributed by atoms with Gasteiger partial charge in [-0.15, -0.1) is 0 Å². The van der Waals surface area contributed by atoms with Gasteiger partial charge in [0.25, 0.3) is 0 Å². The third-order valence-electron chi connectivity index (χ3n) is 2.49. The minimum absolute atomic E-state index is 0.0818. The predicted octanol–water partition coefficient (Wildman–Crippen LogP) is 2.65. The van der Waals surface area contributed by atoms with Crippen LogP contribution < -0.4 is 10.6 Å². The summed E-state index contributed by atoms with van der Waals surface area (Å²) >= 11 is 11.8. The van der Waals surface area contributed by atoms with Crippen LogP contribution in [0.15, 0.2) is 18.2 Å². The highest BCUT2D eigenvalue weighted by Gasteiger charge is 2.02. The summed E-state index contributed by atoms with van der Waals surface area (Å²) < 4.78 is 0. The van der Waals surface area contributed by atoms with Gasteiger partial charge in [-0.05, 0) is 50.2 Å². The quantitative estimate of drug-likeness (QED) is 0.758. The van der Waals surface area contributed by atoms with Gasteiger partial charge in [-0.25, -0.2) is 0 Å². The molecule has 0 spiro atoms. The Morgan fingerprint density at radius 2 is 1.83 bits per heavy atom. The number of hydrogen-bond donors (Lipinski definition) is 2. The maximum Gasteiger partial charge on any atom is 0.220 e. The van der Waals surface area contributed by atoms with Gasteiger partial charge in [0.2, 0.25) is 5.91 Å². The normalized spacial score (nSPS) is 10.4. The highest BCUT2D eigenvalue weighted by Crippen LogP contribution is 2.19. The molecule has 1 amide bonds. The van der Waals surface area contributed by atoms with Crippen LogP contribution in [0.5, 0.6) is 0 Å². The fourth-order valence-corrected chi connectivity index (χ4v) is 2.19. The summed E-state index contributed by atoms with van der Waals surface area (Å²) in [6.45, 7) is 1.46. The molecule has 0 saturated carbocycles. The smallest absolute Gasteiger partial charge is 0.220 e. The van der Waals surface area contributed by atoms with Crippen molar-refractivity contribution in [2.45, 2.75) is 19.3 Å². The Balaban J connectivity index is 2.26. The van der Waals surface area contributed by atoms with E-state index in [0.29, 0.717) is 23.0 Å². The SMILES string of the molecule is CNCCCC(=O)NCCc1cc(Cl)cc(Cl)c1. The molecule has 0 heterocycles. The van der Waals surface area contributed by atoms with Gasteiger partial charge in [0.15, 0.2) is 0 Å². The van der Waals surface area contributed by atoms with E-state index in [1.807, 2.05) is 19.2 Å². The molecule has 0 aliphatic heterocycles. The topological polar surface area (TPSA) is 41.1 Å². The van der Waals surface area contributed by atoms with Crippen LogP contribution in [-0.2, 0) is 11.2 Å². The number of carbonyl (C=O) groups is 1.